The number of H-pyrrole nitrogens is 1. The Balaban J connectivity index is 2.26. The SMILES string of the molecule is CC(=O)NCC(O)C(O)c1cnc2[nH]cc([N+](=O)[O-])c2c1. The van der Waals surface area contributed by atoms with Gasteiger partial charge in [0.2, 0.25) is 5.91 Å². The molecule has 0 aromatic carbocycles. The van der Waals surface area contributed by atoms with Crippen molar-refractivity contribution in [3.63, 3.8) is 0 Å². The highest BCUT2D eigenvalue weighted by Gasteiger charge is 2.22. The van der Waals surface area contributed by atoms with E-state index in [4.69, 9.17) is 0 Å². The van der Waals surface area contributed by atoms with E-state index in [1.54, 1.807) is 0 Å². The summed E-state index contributed by atoms with van der Waals surface area (Å²) in [6.07, 6.45) is -0.0411. The van der Waals surface area contributed by atoms with Gasteiger partial charge in [-0.15, -0.1) is 0 Å². The van der Waals surface area contributed by atoms with Gasteiger partial charge < -0.3 is 20.5 Å². The fourth-order valence-electron chi connectivity index (χ4n) is 1.90. The third-order valence-corrected chi connectivity index (χ3v) is 2.99. The molecule has 2 rings (SSSR count). The number of aromatic amines is 1. The minimum atomic E-state index is -1.32. The summed E-state index contributed by atoms with van der Waals surface area (Å²) in [7, 11) is 0. The van der Waals surface area contributed by atoms with Gasteiger partial charge >= 0.3 is 0 Å². The van der Waals surface area contributed by atoms with Gasteiger partial charge in [-0.3, -0.25) is 14.9 Å². The monoisotopic (exact) mass is 294 g/mol. The van der Waals surface area contributed by atoms with Crippen molar-refractivity contribution in [3.05, 3.63) is 34.1 Å². The predicted molar refractivity (Wildman–Crippen MR) is 72.4 cm³/mol. The minimum absolute atomic E-state index is 0.135. The van der Waals surface area contributed by atoms with E-state index >= 15 is 0 Å². The minimum Gasteiger partial charge on any atom is -0.388 e. The Morgan fingerprint density at radius 1 is 1.57 bits per heavy atom. The standard InChI is InChI=1S/C12H14N4O5/c1-6(17)13-5-10(18)11(19)7-2-8-9(16(20)21)4-15-12(8)14-3-7/h2-4,10-11,18-19H,5H2,1H3,(H,13,17)(H,14,15). The largest absolute Gasteiger partial charge is 0.388 e. The zero-order valence-electron chi connectivity index (χ0n) is 11.1. The number of hydrogen-bond acceptors (Lipinski definition) is 6. The molecule has 2 aromatic heterocycles. The van der Waals surface area contributed by atoms with Crippen molar-refractivity contribution < 1.29 is 19.9 Å². The molecule has 2 aromatic rings. The van der Waals surface area contributed by atoms with Crippen LogP contribution in [0.25, 0.3) is 11.0 Å². The lowest BCUT2D eigenvalue weighted by molar-refractivity contribution is -0.383. The second-order valence-corrected chi connectivity index (χ2v) is 4.55. The highest BCUT2D eigenvalue weighted by Crippen LogP contribution is 2.27. The van der Waals surface area contributed by atoms with Crippen molar-refractivity contribution in [2.45, 2.75) is 19.1 Å². The van der Waals surface area contributed by atoms with E-state index in [1.807, 2.05) is 0 Å². The molecule has 9 nitrogen and oxygen atoms in total. The van der Waals surface area contributed by atoms with Crippen LogP contribution in [0, 0.1) is 10.1 Å². The summed E-state index contributed by atoms with van der Waals surface area (Å²) in [5.74, 6) is -0.337. The van der Waals surface area contributed by atoms with Gasteiger partial charge in [-0.05, 0) is 6.07 Å². The maximum absolute atomic E-state index is 10.9. The number of pyridine rings is 1. The van der Waals surface area contributed by atoms with Gasteiger partial charge in [-0.2, -0.15) is 0 Å². The molecule has 0 spiro atoms. The Labute approximate surface area is 118 Å². The van der Waals surface area contributed by atoms with Crippen molar-refractivity contribution in [1.29, 1.82) is 0 Å². The lowest BCUT2D eigenvalue weighted by Crippen LogP contribution is -2.34. The van der Waals surface area contributed by atoms with Crippen molar-refractivity contribution in [1.82, 2.24) is 15.3 Å². The Hall–Kier alpha value is -2.52. The Kier molecular flexibility index (Phi) is 4.15. The molecule has 9 heteroatoms. The van der Waals surface area contributed by atoms with Gasteiger partial charge in [0, 0.05) is 25.2 Å². The number of aliphatic hydroxyl groups excluding tert-OH is 2. The number of nitrogens with zero attached hydrogens (tertiary/aromatic N) is 2. The van der Waals surface area contributed by atoms with Crippen molar-refractivity contribution in [2.75, 3.05) is 6.54 Å². The summed E-state index contributed by atoms with van der Waals surface area (Å²) in [4.78, 5) is 27.7. The molecule has 0 aliphatic carbocycles. The lowest BCUT2D eigenvalue weighted by Gasteiger charge is -2.18. The molecule has 1 amide bonds. The molecule has 0 aliphatic rings. The first-order chi connectivity index (χ1) is 9.90. The molecule has 2 atom stereocenters. The molecule has 112 valence electrons. The quantitative estimate of drug-likeness (QED) is 0.452. The van der Waals surface area contributed by atoms with Crippen LogP contribution < -0.4 is 5.32 Å². The van der Waals surface area contributed by atoms with E-state index in [9.17, 15) is 25.1 Å². The molecule has 4 N–H and O–H groups in total. The average molecular weight is 294 g/mol. The van der Waals surface area contributed by atoms with E-state index in [-0.39, 0.29) is 29.1 Å². The normalized spacial score (nSPS) is 13.9. The molecule has 21 heavy (non-hydrogen) atoms. The molecule has 2 unspecified atom stereocenters. The average Bonchev–Trinajstić information content (AvgIpc) is 2.86. The summed E-state index contributed by atoms with van der Waals surface area (Å²) in [5.41, 5.74) is 0.375. The topological polar surface area (TPSA) is 141 Å². The van der Waals surface area contributed by atoms with Gasteiger partial charge in [0.25, 0.3) is 5.69 Å². The number of nitro groups is 1. The van der Waals surface area contributed by atoms with E-state index in [0.29, 0.717) is 5.65 Å². The molecule has 0 aliphatic heterocycles. The molecule has 0 saturated heterocycles. The van der Waals surface area contributed by atoms with Gasteiger partial charge in [-0.1, -0.05) is 0 Å². The van der Waals surface area contributed by atoms with Gasteiger partial charge in [0.15, 0.2) is 0 Å². The zero-order valence-corrected chi connectivity index (χ0v) is 11.1. The second kappa shape index (κ2) is 5.85. The fourth-order valence-corrected chi connectivity index (χ4v) is 1.90. The first kappa shape index (κ1) is 14.9. The zero-order chi connectivity index (χ0) is 15.6. The third-order valence-electron chi connectivity index (χ3n) is 2.99. The number of nitrogens with one attached hydrogen (secondary N) is 2. The summed E-state index contributed by atoms with van der Waals surface area (Å²) < 4.78 is 0. The smallest absolute Gasteiger partial charge is 0.296 e. The van der Waals surface area contributed by atoms with Gasteiger partial charge in [-0.25, -0.2) is 4.98 Å². The highest BCUT2D eigenvalue weighted by molar-refractivity contribution is 5.86. The van der Waals surface area contributed by atoms with Crippen molar-refractivity contribution in [3.8, 4) is 0 Å². The van der Waals surface area contributed by atoms with E-state index < -0.39 is 17.1 Å². The summed E-state index contributed by atoms with van der Waals surface area (Å²) in [6.45, 7) is 1.15. The van der Waals surface area contributed by atoms with E-state index in [0.717, 1.165) is 0 Å². The summed E-state index contributed by atoms with van der Waals surface area (Å²) >= 11 is 0. The molecule has 0 fully saturated rings. The maximum atomic E-state index is 10.9. The number of rotatable bonds is 5. The molecule has 2 heterocycles. The number of aliphatic hydroxyl groups is 2. The second-order valence-electron chi connectivity index (χ2n) is 4.55. The van der Waals surface area contributed by atoms with Crippen LogP contribution in [-0.4, -0.2) is 43.7 Å². The van der Waals surface area contributed by atoms with Crippen LogP contribution in [0.1, 0.15) is 18.6 Å². The van der Waals surface area contributed by atoms with E-state index in [1.165, 1.54) is 25.4 Å². The van der Waals surface area contributed by atoms with Crippen molar-refractivity contribution in [2.24, 2.45) is 0 Å². The van der Waals surface area contributed by atoms with Gasteiger partial charge in [0.1, 0.15) is 17.9 Å². The van der Waals surface area contributed by atoms with Crippen LogP contribution in [-0.2, 0) is 4.79 Å². The number of carbonyl (C=O) groups excluding carboxylic acids is 1. The fraction of sp³-hybridized carbons (Fsp3) is 0.333. The number of hydrogen-bond donors (Lipinski definition) is 4. The molecular formula is C12H14N4O5. The number of aromatic nitrogens is 2. The maximum Gasteiger partial charge on any atom is 0.296 e. The first-order valence-electron chi connectivity index (χ1n) is 6.12. The first-order valence-corrected chi connectivity index (χ1v) is 6.12. The Morgan fingerprint density at radius 3 is 2.90 bits per heavy atom. The Morgan fingerprint density at radius 2 is 2.29 bits per heavy atom. The lowest BCUT2D eigenvalue weighted by atomic mass is 10.1. The van der Waals surface area contributed by atoms with Crippen LogP contribution in [0.5, 0.6) is 0 Å². The Bertz CT molecular complexity index is 683. The van der Waals surface area contributed by atoms with Gasteiger partial charge in [0.05, 0.1) is 16.5 Å². The number of amides is 1. The van der Waals surface area contributed by atoms with E-state index in [2.05, 4.69) is 15.3 Å². The molecule has 0 radical (unpaired) electrons. The molecular weight excluding hydrogens is 280 g/mol. The van der Waals surface area contributed by atoms with Crippen LogP contribution in [0.4, 0.5) is 5.69 Å². The number of carbonyl (C=O) groups is 1. The number of fused-ring (bicyclic) bond motifs is 1. The summed E-state index contributed by atoms with van der Waals surface area (Å²) in [5, 5.41) is 33.3. The third kappa shape index (κ3) is 3.15. The molecule has 0 bridgehead atoms. The summed E-state index contributed by atoms with van der Waals surface area (Å²) in [6, 6.07) is 1.39. The van der Waals surface area contributed by atoms with Crippen LogP contribution in [0.15, 0.2) is 18.5 Å². The van der Waals surface area contributed by atoms with Crippen LogP contribution in [0.3, 0.4) is 0 Å². The molecule has 0 saturated carbocycles. The predicted octanol–water partition coefficient (Wildman–Crippen LogP) is 0.00150. The highest BCUT2D eigenvalue weighted by atomic mass is 16.6. The van der Waals surface area contributed by atoms with Crippen LogP contribution >= 0.6 is 0 Å². The van der Waals surface area contributed by atoms with Crippen molar-refractivity contribution >= 4 is 22.6 Å². The van der Waals surface area contributed by atoms with Crippen LogP contribution in [0.2, 0.25) is 0 Å².